The van der Waals surface area contributed by atoms with Gasteiger partial charge in [-0.1, -0.05) is 6.07 Å². The van der Waals surface area contributed by atoms with E-state index in [9.17, 15) is 18.0 Å². The Labute approximate surface area is 129 Å². The van der Waals surface area contributed by atoms with Gasteiger partial charge in [0.2, 0.25) is 0 Å². The maximum absolute atomic E-state index is 12.4. The Morgan fingerprint density at radius 1 is 1.27 bits per heavy atom. The molecule has 0 saturated carbocycles. The highest BCUT2D eigenvalue weighted by Crippen LogP contribution is 2.27. The Morgan fingerprint density at radius 3 is 2.45 bits per heavy atom. The van der Waals surface area contributed by atoms with Crippen LogP contribution in [0.4, 0.5) is 13.2 Å². The summed E-state index contributed by atoms with van der Waals surface area (Å²) >= 11 is 1.65. The van der Waals surface area contributed by atoms with Gasteiger partial charge in [-0.3, -0.25) is 4.79 Å². The molecular formula is C12H13BF3NO4S. The molecule has 1 heterocycles. The Morgan fingerprint density at radius 2 is 1.91 bits per heavy atom. The van der Waals surface area contributed by atoms with E-state index in [1.807, 2.05) is 0 Å². The first-order valence-electron chi connectivity index (χ1n) is 6.41. The van der Waals surface area contributed by atoms with E-state index in [2.05, 4.69) is 4.74 Å². The molecule has 1 aromatic carbocycles. The summed E-state index contributed by atoms with van der Waals surface area (Å²) in [6.07, 6.45) is -4.94. The molecule has 1 saturated heterocycles. The number of alkyl halides is 3. The molecule has 0 unspecified atom stereocenters. The van der Waals surface area contributed by atoms with Gasteiger partial charge in [0.1, 0.15) is 5.75 Å². The van der Waals surface area contributed by atoms with E-state index in [0.29, 0.717) is 24.6 Å². The number of hydrogen-bond donors (Lipinski definition) is 2. The Kier molecular flexibility index (Phi) is 5.25. The lowest BCUT2D eigenvalue weighted by molar-refractivity contribution is -0.274. The third-order valence-electron chi connectivity index (χ3n) is 3.06. The van der Waals surface area contributed by atoms with Crippen molar-refractivity contribution in [3.63, 3.8) is 0 Å². The predicted octanol–water partition coefficient (Wildman–Crippen LogP) is 0.454. The summed E-state index contributed by atoms with van der Waals surface area (Å²) in [5, 5.41) is 18.3. The number of rotatable bonds is 3. The molecule has 1 aliphatic heterocycles. The Balaban J connectivity index is 2.35. The highest BCUT2D eigenvalue weighted by atomic mass is 32.2. The van der Waals surface area contributed by atoms with E-state index in [0.717, 1.165) is 18.2 Å². The number of hydrogen-bond acceptors (Lipinski definition) is 5. The molecule has 0 atom stereocenters. The van der Waals surface area contributed by atoms with Crippen molar-refractivity contribution in [1.82, 2.24) is 4.90 Å². The van der Waals surface area contributed by atoms with Gasteiger partial charge in [0, 0.05) is 24.6 Å². The van der Waals surface area contributed by atoms with Crippen LogP contribution in [-0.4, -0.2) is 58.9 Å². The number of ether oxygens (including phenoxy) is 1. The van der Waals surface area contributed by atoms with Gasteiger partial charge in [-0.05, 0) is 17.6 Å². The van der Waals surface area contributed by atoms with E-state index < -0.39 is 25.1 Å². The average Bonchev–Trinajstić information content (AvgIpc) is 2.46. The van der Waals surface area contributed by atoms with Crippen molar-refractivity contribution < 1.29 is 32.8 Å². The zero-order valence-corrected chi connectivity index (χ0v) is 12.2. The first-order valence-corrected chi connectivity index (χ1v) is 7.56. The van der Waals surface area contributed by atoms with Crippen molar-refractivity contribution in [3.05, 3.63) is 23.8 Å². The molecule has 0 aliphatic carbocycles. The fourth-order valence-corrected chi connectivity index (χ4v) is 2.93. The van der Waals surface area contributed by atoms with Crippen LogP contribution in [0.5, 0.6) is 5.75 Å². The number of amides is 1. The van der Waals surface area contributed by atoms with Gasteiger partial charge < -0.3 is 19.7 Å². The first-order chi connectivity index (χ1) is 10.3. The summed E-state index contributed by atoms with van der Waals surface area (Å²) in [6.45, 7) is 0.835. The lowest BCUT2D eigenvalue weighted by atomic mass is 9.79. The van der Waals surface area contributed by atoms with Gasteiger partial charge in [0.25, 0.3) is 5.91 Å². The van der Waals surface area contributed by atoms with Crippen LogP contribution in [0.2, 0.25) is 0 Å². The van der Waals surface area contributed by atoms with E-state index in [1.54, 1.807) is 11.8 Å². The maximum atomic E-state index is 12.4. The number of carbonyl (C=O) groups excluding carboxylic acids is 1. The lowest BCUT2D eigenvalue weighted by Crippen LogP contribution is -2.39. The van der Waals surface area contributed by atoms with E-state index in [4.69, 9.17) is 10.0 Å². The fourth-order valence-electron chi connectivity index (χ4n) is 2.03. The van der Waals surface area contributed by atoms with Gasteiger partial charge in [0.05, 0.1) is 5.56 Å². The maximum Gasteiger partial charge on any atom is 0.573 e. The van der Waals surface area contributed by atoms with Crippen molar-refractivity contribution >= 4 is 30.3 Å². The van der Waals surface area contributed by atoms with Crippen LogP contribution in [0, 0.1) is 0 Å². The molecule has 1 amide bonds. The van der Waals surface area contributed by atoms with Crippen molar-refractivity contribution in [2.45, 2.75) is 6.36 Å². The quantitative estimate of drug-likeness (QED) is 0.786. The summed E-state index contributed by atoms with van der Waals surface area (Å²) in [5.74, 6) is 0.120. The second-order valence-corrected chi connectivity index (χ2v) is 5.81. The minimum absolute atomic E-state index is 0.0794. The Hall–Kier alpha value is -1.39. The van der Waals surface area contributed by atoms with Crippen LogP contribution >= 0.6 is 11.8 Å². The van der Waals surface area contributed by atoms with Crippen LogP contribution in [0.1, 0.15) is 10.4 Å². The summed E-state index contributed by atoms with van der Waals surface area (Å²) in [4.78, 5) is 13.8. The summed E-state index contributed by atoms with van der Waals surface area (Å²) in [5.41, 5.74) is -0.418. The monoisotopic (exact) mass is 335 g/mol. The predicted molar refractivity (Wildman–Crippen MR) is 76.2 cm³/mol. The molecule has 2 rings (SSSR count). The zero-order chi connectivity index (χ0) is 16.3. The second kappa shape index (κ2) is 6.80. The summed E-state index contributed by atoms with van der Waals surface area (Å²) in [7, 11) is -1.89. The van der Waals surface area contributed by atoms with Crippen LogP contribution in [-0.2, 0) is 0 Å². The van der Waals surface area contributed by atoms with Gasteiger partial charge in [-0.15, -0.1) is 13.2 Å². The van der Waals surface area contributed by atoms with Crippen molar-refractivity contribution in [2.24, 2.45) is 0 Å². The SMILES string of the molecule is O=C(c1cc(B(O)O)ccc1OC(F)(F)F)N1CCSCC1. The normalized spacial score (nSPS) is 15.6. The van der Waals surface area contributed by atoms with Gasteiger partial charge >= 0.3 is 13.5 Å². The number of thioether (sulfide) groups is 1. The molecule has 10 heteroatoms. The standard InChI is InChI=1S/C12H13BF3NO4S/c14-12(15,16)21-10-2-1-8(13(19)20)7-9(10)11(18)17-3-5-22-6-4-17/h1-2,7,19-20H,3-6H2. The van der Waals surface area contributed by atoms with Crippen LogP contribution < -0.4 is 10.2 Å². The topological polar surface area (TPSA) is 70.0 Å². The number of carbonyl (C=O) groups is 1. The second-order valence-electron chi connectivity index (χ2n) is 4.58. The number of benzene rings is 1. The minimum atomic E-state index is -4.94. The van der Waals surface area contributed by atoms with Crippen LogP contribution in [0.25, 0.3) is 0 Å². The average molecular weight is 335 g/mol. The van der Waals surface area contributed by atoms with E-state index in [1.165, 1.54) is 4.90 Å². The molecule has 0 aromatic heterocycles. The molecular weight excluding hydrogens is 322 g/mol. The van der Waals surface area contributed by atoms with Crippen molar-refractivity contribution in [2.75, 3.05) is 24.6 Å². The largest absolute Gasteiger partial charge is 0.573 e. The highest BCUT2D eigenvalue weighted by Gasteiger charge is 2.34. The smallest absolute Gasteiger partial charge is 0.423 e. The van der Waals surface area contributed by atoms with Crippen molar-refractivity contribution in [1.29, 1.82) is 0 Å². The molecule has 1 fully saturated rings. The summed E-state index contributed by atoms with van der Waals surface area (Å²) < 4.78 is 41.2. The Bertz CT molecular complexity index is 550. The van der Waals surface area contributed by atoms with Gasteiger partial charge in [0.15, 0.2) is 0 Å². The molecule has 0 spiro atoms. The third kappa shape index (κ3) is 4.31. The van der Waals surface area contributed by atoms with Crippen molar-refractivity contribution in [3.8, 4) is 5.75 Å². The highest BCUT2D eigenvalue weighted by molar-refractivity contribution is 7.99. The molecule has 2 N–H and O–H groups in total. The van der Waals surface area contributed by atoms with E-state index >= 15 is 0 Å². The molecule has 0 bridgehead atoms. The molecule has 120 valence electrons. The zero-order valence-electron chi connectivity index (χ0n) is 11.3. The molecule has 22 heavy (non-hydrogen) atoms. The van der Waals surface area contributed by atoms with Gasteiger partial charge in [-0.25, -0.2) is 0 Å². The molecule has 1 aliphatic rings. The first kappa shape index (κ1) is 17.0. The van der Waals surface area contributed by atoms with Crippen LogP contribution in [0.3, 0.4) is 0 Å². The fraction of sp³-hybridized carbons (Fsp3) is 0.417. The van der Waals surface area contributed by atoms with Gasteiger partial charge in [-0.2, -0.15) is 11.8 Å². The lowest BCUT2D eigenvalue weighted by Gasteiger charge is -2.27. The third-order valence-corrected chi connectivity index (χ3v) is 4.00. The van der Waals surface area contributed by atoms with Crippen LogP contribution in [0.15, 0.2) is 18.2 Å². The minimum Gasteiger partial charge on any atom is -0.423 e. The van der Waals surface area contributed by atoms with E-state index in [-0.39, 0.29) is 11.0 Å². The summed E-state index contributed by atoms with van der Waals surface area (Å²) in [6, 6.07) is 2.98. The molecule has 5 nitrogen and oxygen atoms in total. The molecule has 1 aromatic rings. The number of halogens is 3. The number of nitrogens with zero attached hydrogens (tertiary/aromatic N) is 1. The molecule has 0 radical (unpaired) electrons.